The number of nitrogens with zero attached hydrogens (tertiary/aromatic N) is 5. The van der Waals surface area contributed by atoms with Gasteiger partial charge in [-0.15, -0.1) is 16.4 Å². The highest BCUT2D eigenvalue weighted by atomic mass is 32.1. The molecule has 1 unspecified atom stereocenters. The summed E-state index contributed by atoms with van der Waals surface area (Å²) in [6, 6.07) is 18.3. The summed E-state index contributed by atoms with van der Waals surface area (Å²) in [4.78, 5) is 19.6. The van der Waals surface area contributed by atoms with Gasteiger partial charge in [0.1, 0.15) is 10.7 Å². The summed E-state index contributed by atoms with van der Waals surface area (Å²) in [5.74, 6) is -0.00522. The molecule has 0 radical (unpaired) electrons. The second-order valence-electron chi connectivity index (χ2n) is 7.37. The van der Waals surface area contributed by atoms with Crippen molar-refractivity contribution in [1.82, 2.24) is 24.9 Å². The number of hydrogen-bond donors (Lipinski definition) is 0. The van der Waals surface area contributed by atoms with E-state index in [1.54, 1.807) is 28.2 Å². The van der Waals surface area contributed by atoms with Crippen LogP contribution < -0.4 is 0 Å². The van der Waals surface area contributed by atoms with Gasteiger partial charge in [0.2, 0.25) is 5.91 Å². The summed E-state index contributed by atoms with van der Waals surface area (Å²) in [5, 5.41) is 9.34. The number of amides is 1. The molecule has 3 heterocycles. The summed E-state index contributed by atoms with van der Waals surface area (Å²) >= 11 is 1.68. The molecule has 2 aromatic heterocycles. The molecular weight excluding hydrogens is 394 g/mol. The zero-order valence-electron chi connectivity index (χ0n) is 16.4. The van der Waals surface area contributed by atoms with Crippen LogP contribution in [0.3, 0.4) is 0 Å². The molecule has 1 amide bonds. The van der Waals surface area contributed by atoms with Gasteiger partial charge in [0, 0.05) is 12.6 Å². The lowest BCUT2D eigenvalue weighted by Crippen LogP contribution is -2.28. The van der Waals surface area contributed by atoms with E-state index in [0.717, 1.165) is 40.2 Å². The summed E-state index contributed by atoms with van der Waals surface area (Å²) < 4.78 is 2.94. The maximum Gasteiger partial charge on any atom is 0.247 e. The maximum absolute atomic E-state index is 12.9. The molecule has 0 N–H and O–H groups in total. The Morgan fingerprint density at radius 1 is 1.13 bits per heavy atom. The fourth-order valence-electron chi connectivity index (χ4n) is 3.81. The summed E-state index contributed by atoms with van der Waals surface area (Å²) in [6.07, 6.45) is 7.14. The van der Waals surface area contributed by atoms with Crippen molar-refractivity contribution < 1.29 is 4.79 Å². The van der Waals surface area contributed by atoms with Crippen LogP contribution in [-0.4, -0.2) is 37.3 Å². The predicted octanol–water partition coefficient (Wildman–Crippen LogP) is 4.31. The SMILES string of the molecule is O=C(/C=C/c1cn(Cc2ccccc2)nn1)N1CCCC1c1nc2ccccc2s1. The van der Waals surface area contributed by atoms with E-state index < -0.39 is 0 Å². The molecule has 30 heavy (non-hydrogen) atoms. The number of benzene rings is 2. The molecule has 7 heteroatoms. The number of aromatic nitrogens is 4. The molecule has 1 aliphatic rings. The monoisotopic (exact) mass is 415 g/mol. The van der Waals surface area contributed by atoms with E-state index in [1.807, 2.05) is 47.5 Å². The normalized spacial score (nSPS) is 16.7. The lowest BCUT2D eigenvalue weighted by atomic mass is 10.2. The van der Waals surface area contributed by atoms with Gasteiger partial charge >= 0.3 is 0 Å². The van der Waals surface area contributed by atoms with Crippen LogP contribution in [0.15, 0.2) is 66.9 Å². The quantitative estimate of drug-likeness (QED) is 0.456. The minimum Gasteiger partial charge on any atom is -0.330 e. The molecule has 5 rings (SSSR count). The maximum atomic E-state index is 12.9. The predicted molar refractivity (Wildman–Crippen MR) is 118 cm³/mol. The third-order valence-electron chi connectivity index (χ3n) is 5.27. The number of para-hydroxylation sites is 1. The van der Waals surface area contributed by atoms with Gasteiger partial charge in [0.25, 0.3) is 0 Å². The number of fused-ring (bicyclic) bond motifs is 1. The highest BCUT2D eigenvalue weighted by Crippen LogP contribution is 2.36. The minimum absolute atomic E-state index is 0.00522. The van der Waals surface area contributed by atoms with Gasteiger partial charge in [-0.2, -0.15) is 0 Å². The first-order valence-electron chi connectivity index (χ1n) is 10.0. The van der Waals surface area contributed by atoms with E-state index in [9.17, 15) is 4.79 Å². The zero-order chi connectivity index (χ0) is 20.3. The van der Waals surface area contributed by atoms with Crippen LogP contribution in [0.5, 0.6) is 0 Å². The van der Waals surface area contributed by atoms with Gasteiger partial charge in [0.05, 0.1) is 29.0 Å². The Hall–Kier alpha value is -3.32. The second kappa shape index (κ2) is 8.20. The van der Waals surface area contributed by atoms with Crippen molar-refractivity contribution in [2.45, 2.75) is 25.4 Å². The first-order chi connectivity index (χ1) is 14.8. The standard InChI is InChI=1S/C23H21N5OS/c29-22(13-12-18-16-27(26-25-18)15-17-7-2-1-3-8-17)28-14-6-10-20(28)23-24-19-9-4-5-11-21(19)30-23/h1-5,7-9,11-13,16,20H,6,10,14-15H2/b13-12+. The molecule has 0 bridgehead atoms. The van der Waals surface area contributed by atoms with E-state index in [1.165, 1.54) is 0 Å². The average Bonchev–Trinajstić information content (AvgIpc) is 3.51. The van der Waals surface area contributed by atoms with E-state index in [0.29, 0.717) is 12.2 Å². The molecule has 0 aliphatic carbocycles. The third kappa shape index (κ3) is 3.89. The fraction of sp³-hybridized carbons (Fsp3) is 0.217. The zero-order valence-corrected chi connectivity index (χ0v) is 17.2. The minimum atomic E-state index is -0.00522. The molecule has 1 saturated heterocycles. The van der Waals surface area contributed by atoms with Crippen molar-refractivity contribution in [3.8, 4) is 0 Å². The van der Waals surface area contributed by atoms with Gasteiger partial charge < -0.3 is 4.90 Å². The van der Waals surface area contributed by atoms with Crippen LogP contribution >= 0.6 is 11.3 Å². The molecule has 1 fully saturated rings. The first-order valence-corrected chi connectivity index (χ1v) is 10.9. The van der Waals surface area contributed by atoms with Crippen molar-refractivity contribution in [3.05, 3.63) is 83.1 Å². The molecule has 4 aromatic rings. The summed E-state index contributed by atoms with van der Waals surface area (Å²) in [5.41, 5.74) is 2.84. The van der Waals surface area contributed by atoms with Gasteiger partial charge in [0.15, 0.2) is 0 Å². The van der Waals surface area contributed by atoms with Crippen molar-refractivity contribution in [1.29, 1.82) is 0 Å². The molecule has 2 aromatic carbocycles. The Bertz CT molecular complexity index is 1160. The van der Waals surface area contributed by atoms with Gasteiger partial charge in [-0.3, -0.25) is 4.79 Å². The molecule has 1 aliphatic heterocycles. The Labute approximate surface area is 178 Å². The molecule has 1 atom stereocenters. The van der Waals surface area contributed by atoms with Crippen LogP contribution in [0.2, 0.25) is 0 Å². The van der Waals surface area contributed by atoms with E-state index in [4.69, 9.17) is 4.98 Å². The molecule has 150 valence electrons. The lowest BCUT2D eigenvalue weighted by Gasteiger charge is -2.21. The van der Waals surface area contributed by atoms with Gasteiger partial charge in [-0.25, -0.2) is 9.67 Å². The highest BCUT2D eigenvalue weighted by Gasteiger charge is 2.31. The molecule has 6 nitrogen and oxygen atoms in total. The number of rotatable bonds is 5. The second-order valence-corrected chi connectivity index (χ2v) is 8.43. The van der Waals surface area contributed by atoms with Crippen LogP contribution in [-0.2, 0) is 11.3 Å². The summed E-state index contributed by atoms with van der Waals surface area (Å²) in [7, 11) is 0. The van der Waals surface area contributed by atoms with Crippen molar-refractivity contribution in [3.63, 3.8) is 0 Å². The fourth-order valence-corrected chi connectivity index (χ4v) is 4.93. The Balaban J connectivity index is 1.28. The van der Waals surface area contributed by atoms with Crippen LogP contribution in [0.1, 0.15) is 35.1 Å². The Morgan fingerprint density at radius 2 is 1.97 bits per heavy atom. The van der Waals surface area contributed by atoms with E-state index in [2.05, 4.69) is 28.5 Å². The van der Waals surface area contributed by atoms with Crippen LogP contribution in [0.25, 0.3) is 16.3 Å². The van der Waals surface area contributed by atoms with Gasteiger partial charge in [-0.05, 0) is 36.6 Å². The third-order valence-corrected chi connectivity index (χ3v) is 6.41. The Kier molecular flexibility index (Phi) is 5.11. The number of carbonyl (C=O) groups is 1. The average molecular weight is 416 g/mol. The smallest absolute Gasteiger partial charge is 0.247 e. The topological polar surface area (TPSA) is 63.9 Å². The Morgan fingerprint density at radius 3 is 2.83 bits per heavy atom. The first kappa shape index (κ1) is 18.7. The van der Waals surface area contributed by atoms with E-state index >= 15 is 0 Å². The van der Waals surface area contributed by atoms with Crippen molar-refractivity contribution >= 4 is 33.5 Å². The number of hydrogen-bond acceptors (Lipinski definition) is 5. The van der Waals surface area contributed by atoms with E-state index in [-0.39, 0.29) is 11.9 Å². The summed E-state index contributed by atoms with van der Waals surface area (Å²) in [6.45, 7) is 1.41. The molecular formula is C23H21N5OS. The highest BCUT2D eigenvalue weighted by molar-refractivity contribution is 7.18. The van der Waals surface area contributed by atoms with Crippen molar-refractivity contribution in [2.24, 2.45) is 0 Å². The van der Waals surface area contributed by atoms with Crippen LogP contribution in [0.4, 0.5) is 0 Å². The lowest BCUT2D eigenvalue weighted by molar-refractivity contribution is -0.126. The number of likely N-dealkylation sites (tertiary alicyclic amines) is 1. The largest absolute Gasteiger partial charge is 0.330 e. The number of carbonyl (C=O) groups excluding carboxylic acids is 1. The van der Waals surface area contributed by atoms with Crippen LogP contribution in [0, 0.1) is 0 Å². The molecule has 0 saturated carbocycles. The van der Waals surface area contributed by atoms with Gasteiger partial charge in [-0.1, -0.05) is 47.7 Å². The van der Waals surface area contributed by atoms with Crippen molar-refractivity contribution in [2.75, 3.05) is 6.54 Å². The molecule has 0 spiro atoms. The number of thiazole rings is 1.